The molecule has 0 aliphatic carbocycles. The Morgan fingerprint density at radius 2 is 2.00 bits per heavy atom. The lowest BCUT2D eigenvalue weighted by Crippen LogP contribution is -2.46. The molecule has 0 N–H and O–H groups in total. The number of rotatable bonds is 1. The molecule has 70 valence electrons. The maximum Gasteiger partial charge on any atom is 0.253 e. The average molecular weight is 171 g/mol. The minimum atomic E-state index is -0.440. The molecule has 1 amide bonds. The zero-order chi connectivity index (χ0) is 9.52. The van der Waals surface area contributed by atoms with Crippen LogP contribution in [0, 0.1) is 0 Å². The zero-order valence-electron chi connectivity index (χ0n) is 8.42. The van der Waals surface area contributed by atoms with Crippen molar-refractivity contribution in [2.75, 3.05) is 0 Å². The van der Waals surface area contributed by atoms with Crippen LogP contribution in [-0.2, 0) is 9.53 Å². The van der Waals surface area contributed by atoms with E-state index in [1.807, 2.05) is 27.7 Å². The summed E-state index contributed by atoms with van der Waals surface area (Å²) in [6.07, 6.45) is -0.289. The molecule has 12 heavy (non-hydrogen) atoms. The Labute approximate surface area is 73.7 Å². The molecule has 1 rings (SSSR count). The third-order valence-corrected chi connectivity index (χ3v) is 2.15. The molecule has 1 unspecified atom stereocenters. The van der Waals surface area contributed by atoms with Crippen molar-refractivity contribution in [3.8, 4) is 0 Å². The molecule has 3 heteroatoms. The van der Waals surface area contributed by atoms with Crippen LogP contribution < -0.4 is 0 Å². The Kier molecular flexibility index (Phi) is 2.17. The molecular weight excluding hydrogens is 154 g/mol. The van der Waals surface area contributed by atoms with Gasteiger partial charge in [0.05, 0.1) is 0 Å². The number of carbonyl (C=O) groups is 1. The van der Waals surface area contributed by atoms with Crippen LogP contribution in [0.2, 0.25) is 0 Å². The molecule has 0 aromatic rings. The van der Waals surface area contributed by atoms with Crippen molar-refractivity contribution in [1.29, 1.82) is 0 Å². The van der Waals surface area contributed by atoms with E-state index in [4.69, 9.17) is 4.74 Å². The molecule has 0 bridgehead atoms. The fourth-order valence-corrected chi connectivity index (χ4v) is 1.88. The molecular formula is C9H17NO2. The molecule has 0 aromatic heterocycles. The van der Waals surface area contributed by atoms with Crippen molar-refractivity contribution in [2.45, 2.75) is 52.5 Å². The SMILES string of the molecule is CC1OC(C)(C)N(C(C)C)C1=O. The standard InChI is InChI=1S/C9H17NO2/c1-6(2)10-8(11)7(3)12-9(10,4)5/h6-7H,1-5H3. The van der Waals surface area contributed by atoms with Crippen LogP contribution in [0.3, 0.4) is 0 Å². The van der Waals surface area contributed by atoms with Gasteiger partial charge in [0.2, 0.25) is 0 Å². The van der Waals surface area contributed by atoms with Crippen LogP contribution >= 0.6 is 0 Å². The highest BCUT2D eigenvalue weighted by Gasteiger charge is 2.44. The van der Waals surface area contributed by atoms with Gasteiger partial charge in [-0.2, -0.15) is 0 Å². The number of carbonyl (C=O) groups excluding carboxylic acids is 1. The van der Waals surface area contributed by atoms with E-state index in [0.717, 1.165) is 0 Å². The van der Waals surface area contributed by atoms with Crippen molar-refractivity contribution < 1.29 is 9.53 Å². The summed E-state index contributed by atoms with van der Waals surface area (Å²) in [6, 6.07) is 0.206. The average Bonchev–Trinajstić information content (AvgIpc) is 2.01. The van der Waals surface area contributed by atoms with Crippen LogP contribution in [0.15, 0.2) is 0 Å². The summed E-state index contributed by atoms with van der Waals surface area (Å²) < 4.78 is 5.51. The van der Waals surface area contributed by atoms with E-state index < -0.39 is 5.72 Å². The normalized spacial score (nSPS) is 28.7. The summed E-state index contributed by atoms with van der Waals surface area (Å²) in [5, 5.41) is 0. The van der Waals surface area contributed by atoms with Crippen LogP contribution in [0.25, 0.3) is 0 Å². The van der Waals surface area contributed by atoms with Gasteiger partial charge in [-0.3, -0.25) is 4.79 Å². The molecule has 1 atom stereocenters. The highest BCUT2D eigenvalue weighted by atomic mass is 16.5. The van der Waals surface area contributed by atoms with E-state index in [0.29, 0.717) is 0 Å². The third-order valence-electron chi connectivity index (χ3n) is 2.15. The van der Waals surface area contributed by atoms with Crippen molar-refractivity contribution in [3.63, 3.8) is 0 Å². The molecule has 0 saturated carbocycles. The maximum absolute atomic E-state index is 11.6. The topological polar surface area (TPSA) is 29.5 Å². The molecule has 1 aliphatic heterocycles. The lowest BCUT2D eigenvalue weighted by Gasteiger charge is -2.33. The highest BCUT2D eigenvalue weighted by molar-refractivity contribution is 5.83. The van der Waals surface area contributed by atoms with Gasteiger partial charge in [-0.1, -0.05) is 0 Å². The lowest BCUT2D eigenvalue weighted by molar-refractivity contribution is -0.133. The number of hydrogen-bond donors (Lipinski definition) is 0. The second-order valence-corrected chi connectivity index (χ2v) is 4.01. The van der Waals surface area contributed by atoms with Gasteiger partial charge in [-0.05, 0) is 34.6 Å². The van der Waals surface area contributed by atoms with Gasteiger partial charge in [-0.25, -0.2) is 0 Å². The van der Waals surface area contributed by atoms with Crippen LogP contribution in [-0.4, -0.2) is 28.7 Å². The minimum absolute atomic E-state index is 0.0926. The zero-order valence-corrected chi connectivity index (χ0v) is 8.42. The first-order valence-electron chi connectivity index (χ1n) is 4.37. The summed E-state index contributed by atoms with van der Waals surface area (Å²) in [4.78, 5) is 13.4. The molecule has 0 radical (unpaired) electrons. The molecule has 3 nitrogen and oxygen atoms in total. The van der Waals surface area contributed by atoms with E-state index in [1.54, 1.807) is 11.8 Å². The quantitative estimate of drug-likeness (QED) is 0.596. The van der Waals surface area contributed by atoms with E-state index in [2.05, 4.69) is 0 Å². The summed E-state index contributed by atoms with van der Waals surface area (Å²) in [5.41, 5.74) is -0.440. The first kappa shape index (κ1) is 9.52. The van der Waals surface area contributed by atoms with Gasteiger partial charge in [-0.15, -0.1) is 0 Å². The first-order valence-corrected chi connectivity index (χ1v) is 4.37. The summed E-state index contributed by atoms with van der Waals surface area (Å²) in [7, 11) is 0. The van der Waals surface area contributed by atoms with Crippen molar-refractivity contribution in [3.05, 3.63) is 0 Å². The van der Waals surface area contributed by atoms with Gasteiger partial charge < -0.3 is 9.64 Å². The summed E-state index contributed by atoms with van der Waals surface area (Å²) >= 11 is 0. The van der Waals surface area contributed by atoms with Crippen LogP contribution in [0.5, 0.6) is 0 Å². The highest BCUT2D eigenvalue weighted by Crippen LogP contribution is 2.29. The number of hydrogen-bond acceptors (Lipinski definition) is 2. The summed E-state index contributed by atoms with van der Waals surface area (Å²) in [6.45, 7) is 9.65. The lowest BCUT2D eigenvalue weighted by atomic mass is 10.2. The van der Waals surface area contributed by atoms with Gasteiger partial charge in [0.1, 0.15) is 11.8 Å². The second kappa shape index (κ2) is 2.73. The van der Waals surface area contributed by atoms with E-state index >= 15 is 0 Å². The molecule has 1 saturated heterocycles. The molecule has 0 spiro atoms. The Bertz CT molecular complexity index is 199. The minimum Gasteiger partial charge on any atom is -0.343 e. The molecule has 1 aliphatic rings. The van der Waals surface area contributed by atoms with Gasteiger partial charge in [0.25, 0.3) is 5.91 Å². The summed E-state index contributed by atoms with van der Waals surface area (Å²) in [5.74, 6) is 0.0926. The predicted molar refractivity (Wildman–Crippen MR) is 46.6 cm³/mol. The second-order valence-electron chi connectivity index (χ2n) is 4.01. The Hall–Kier alpha value is -0.570. The third kappa shape index (κ3) is 1.33. The van der Waals surface area contributed by atoms with Gasteiger partial charge >= 0.3 is 0 Å². The largest absolute Gasteiger partial charge is 0.343 e. The van der Waals surface area contributed by atoms with Crippen LogP contribution in [0.4, 0.5) is 0 Å². The van der Waals surface area contributed by atoms with E-state index in [1.165, 1.54) is 0 Å². The molecule has 1 heterocycles. The molecule has 1 fully saturated rings. The number of amides is 1. The predicted octanol–water partition coefficient (Wildman–Crippen LogP) is 1.38. The Morgan fingerprint density at radius 1 is 1.50 bits per heavy atom. The van der Waals surface area contributed by atoms with E-state index in [-0.39, 0.29) is 18.1 Å². The Morgan fingerprint density at radius 3 is 2.17 bits per heavy atom. The van der Waals surface area contributed by atoms with Crippen molar-refractivity contribution in [1.82, 2.24) is 4.90 Å². The van der Waals surface area contributed by atoms with Gasteiger partial charge in [0, 0.05) is 6.04 Å². The fourth-order valence-electron chi connectivity index (χ4n) is 1.88. The van der Waals surface area contributed by atoms with Crippen LogP contribution in [0.1, 0.15) is 34.6 Å². The van der Waals surface area contributed by atoms with Crippen molar-refractivity contribution in [2.24, 2.45) is 0 Å². The number of nitrogens with zero attached hydrogens (tertiary/aromatic N) is 1. The molecule has 0 aromatic carbocycles. The monoisotopic (exact) mass is 171 g/mol. The maximum atomic E-state index is 11.6. The first-order chi connectivity index (χ1) is 5.36. The number of ether oxygens (including phenoxy) is 1. The Balaban J connectivity index is 2.89. The fraction of sp³-hybridized carbons (Fsp3) is 0.889. The van der Waals surface area contributed by atoms with E-state index in [9.17, 15) is 4.79 Å². The smallest absolute Gasteiger partial charge is 0.253 e. The van der Waals surface area contributed by atoms with Gasteiger partial charge in [0.15, 0.2) is 0 Å². The van der Waals surface area contributed by atoms with Crippen molar-refractivity contribution >= 4 is 5.91 Å².